The van der Waals surface area contributed by atoms with E-state index in [1.54, 1.807) is 6.33 Å². The summed E-state index contributed by atoms with van der Waals surface area (Å²) >= 11 is 0. The molecule has 3 aromatic rings. The minimum atomic E-state index is 0.426. The van der Waals surface area contributed by atoms with Crippen LogP contribution < -0.4 is 4.90 Å². The normalized spacial score (nSPS) is 18.7. The molecule has 0 aromatic carbocycles. The molecule has 3 aromatic heterocycles. The van der Waals surface area contributed by atoms with Crippen molar-refractivity contribution in [1.29, 1.82) is 0 Å². The molecular weight excluding hydrogens is 288 g/mol. The van der Waals surface area contributed by atoms with Crippen LogP contribution in [0.3, 0.4) is 0 Å². The van der Waals surface area contributed by atoms with Gasteiger partial charge in [0.1, 0.15) is 17.8 Å². The fraction of sp³-hybridized carbons (Fsp3) is 0.471. The van der Waals surface area contributed by atoms with E-state index >= 15 is 0 Å². The standard InChI is InChI=1S/C17H22N6/c1-12-9-13(2)23(21-12)10-14-5-3-4-8-22(14)17-15-6-7-18-16(15)19-11-20-17/h6-7,9,11,14H,3-5,8,10H2,1-2H3,(H,18,19,20)/t14-/m1/s1. The molecule has 120 valence electrons. The molecule has 1 aliphatic heterocycles. The fourth-order valence-electron chi connectivity index (χ4n) is 3.62. The van der Waals surface area contributed by atoms with E-state index in [0.717, 1.165) is 35.6 Å². The maximum Gasteiger partial charge on any atom is 0.142 e. The molecule has 4 heterocycles. The molecule has 1 saturated heterocycles. The Morgan fingerprint density at radius 2 is 2.17 bits per heavy atom. The van der Waals surface area contributed by atoms with Crippen molar-refractivity contribution in [2.24, 2.45) is 0 Å². The van der Waals surface area contributed by atoms with Gasteiger partial charge in [0.2, 0.25) is 0 Å². The van der Waals surface area contributed by atoms with E-state index in [0.29, 0.717) is 6.04 Å². The smallest absolute Gasteiger partial charge is 0.142 e. The lowest BCUT2D eigenvalue weighted by Gasteiger charge is -2.37. The lowest BCUT2D eigenvalue weighted by molar-refractivity contribution is 0.393. The topological polar surface area (TPSA) is 62.6 Å². The van der Waals surface area contributed by atoms with Crippen molar-refractivity contribution >= 4 is 16.9 Å². The van der Waals surface area contributed by atoms with Gasteiger partial charge in [-0.1, -0.05) is 0 Å². The molecule has 0 saturated carbocycles. The third-order valence-electron chi connectivity index (χ3n) is 4.72. The quantitative estimate of drug-likeness (QED) is 0.808. The van der Waals surface area contributed by atoms with Crippen molar-refractivity contribution in [2.45, 2.75) is 45.7 Å². The number of aryl methyl sites for hydroxylation is 2. The summed E-state index contributed by atoms with van der Waals surface area (Å²) < 4.78 is 2.13. The Morgan fingerprint density at radius 1 is 1.26 bits per heavy atom. The minimum absolute atomic E-state index is 0.426. The van der Waals surface area contributed by atoms with Gasteiger partial charge in [0.05, 0.1) is 23.7 Å². The Bertz CT molecular complexity index is 817. The second-order valence-electron chi connectivity index (χ2n) is 6.39. The predicted octanol–water partition coefficient (Wildman–Crippen LogP) is 2.83. The van der Waals surface area contributed by atoms with Gasteiger partial charge in [-0.2, -0.15) is 5.10 Å². The van der Waals surface area contributed by atoms with Crippen LogP contribution in [-0.2, 0) is 6.54 Å². The molecule has 4 rings (SSSR count). The summed E-state index contributed by atoms with van der Waals surface area (Å²) in [7, 11) is 0. The van der Waals surface area contributed by atoms with Crippen LogP contribution in [0.2, 0.25) is 0 Å². The number of anilines is 1. The number of H-pyrrole nitrogens is 1. The first-order chi connectivity index (χ1) is 11.2. The van der Waals surface area contributed by atoms with Crippen LogP contribution in [0, 0.1) is 13.8 Å². The molecule has 0 aliphatic carbocycles. The number of piperidine rings is 1. The minimum Gasteiger partial charge on any atom is -0.351 e. The Labute approximate surface area is 135 Å². The van der Waals surface area contributed by atoms with E-state index in [9.17, 15) is 0 Å². The molecule has 1 atom stereocenters. The number of hydrogen-bond donors (Lipinski definition) is 1. The highest BCUT2D eigenvalue weighted by Gasteiger charge is 2.26. The van der Waals surface area contributed by atoms with Crippen LogP contribution in [0.4, 0.5) is 5.82 Å². The lowest BCUT2D eigenvalue weighted by atomic mass is 10.0. The van der Waals surface area contributed by atoms with Gasteiger partial charge in [0.15, 0.2) is 0 Å². The zero-order chi connectivity index (χ0) is 15.8. The number of aromatic nitrogens is 5. The molecule has 0 amide bonds. The summed E-state index contributed by atoms with van der Waals surface area (Å²) in [6.07, 6.45) is 7.24. The number of nitrogens with one attached hydrogen (secondary N) is 1. The van der Waals surface area contributed by atoms with E-state index in [1.165, 1.54) is 25.0 Å². The fourth-order valence-corrected chi connectivity index (χ4v) is 3.62. The molecule has 0 unspecified atom stereocenters. The molecule has 1 aliphatic rings. The largest absolute Gasteiger partial charge is 0.351 e. The van der Waals surface area contributed by atoms with Crippen molar-refractivity contribution in [3.63, 3.8) is 0 Å². The van der Waals surface area contributed by atoms with Crippen LogP contribution in [0.25, 0.3) is 11.0 Å². The van der Waals surface area contributed by atoms with E-state index in [4.69, 9.17) is 0 Å². The van der Waals surface area contributed by atoms with E-state index in [1.807, 2.05) is 6.20 Å². The first-order valence-corrected chi connectivity index (χ1v) is 8.28. The Balaban J connectivity index is 1.68. The van der Waals surface area contributed by atoms with Gasteiger partial charge in [-0.3, -0.25) is 4.68 Å². The van der Waals surface area contributed by atoms with Gasteiger partial charge in [0.25, 0.3) is 0 Å². The monoisotopic (exact) mass is 310 g/mol. The number of fused-ring (bicyclic) bond motifs is 1. The van der Waals surface area contributed by atoms with Crippen molar-refractivity contribution in [3.05, 3.63) is 36.0 Å². The van der Waals surface area contributed by atoms with E-state index < -0.39 is 0 Å². The molecular formula is C17H22N6. The maximum absolute atomic E-state index is 4.64. The second-order valence-corrected chi connectivity index (χ2v) is 6.39. The van der Waals surface area contributed by atoms with Crippen LogP contribution in [0.5, 0.6) is 0 Å². The Hall–Kier alpha value is -2.37. The van der Waals surface area contributed by atoms with Crippen LogP contribution in [0.1, 0.15) is 30.7 Å². The summed E-state index contributed by atoms with van der Waals surface area (Å²) in [5.41, 5.74) is 3.22. The molecule has 0 radical (unpaired) electrons. The van der Waals surface area contributed by atoms with Gasteiger partial charge >= 0.3 is 0 Å². The SMILES string of the molecule is Cc1cc(C)n(C[C@H]2CCCCN2c2ncnc3[nH]ccc23)n1. The van der Waals surface area contributed by atoms with E-state index in [2.05, 4.69) is 55.6 Å². The molecule has 6 nitrogen and oxygen atoms in total. The van der Waals surface area contributed by atoms with Crippen LogP contribution >= 0.6 is 0 Å². The lowest BCUT2D eigenvalue weighted by Crippen LogP contribution is -2.43. The molecule has 1 N–H and O–H groups in total. The van der Waals surface area contributed by atoms with Crippen LogP contribution in [0.15, 0.2) is 24.7 Å². The maximum atomic E-state index is 4.64. The highest BCUT2D eigenvalue weighted by Crippen LogP contribution is 2.29. The van der Waals surface area contributed by atoms with Gasteiger partial charge in [-0.15, -0.1) is 0 Å². The van der Waals surface area contributed by atoms with Gasteiger partial charge < -0.3 is 9.88 Å². The number of nitrogens with zero attached hydrogens (tertiary/aromatic N) is 5. The van der Waals surface area contributed by atoms with Crippen molar-refractivity contribution in [1.82, 2.24) is 24.7 Å². The Morgan fingerprint density at radius 3 is 3.00 bits per heavy atom. The zero-order valence-electron chi connectivity index (χ0n) is 13.7. The summed E-state index contributed by atoms with van der Waals surface area (Å²) in [5.74, 6) is 1.04. The van der Waals surface area contributed by atoms with Gasteiger partial charge in [-0.25, -0.2) is 9.97 Å². The first-order valence-electron chi connectivity index (χ1n) is 8.28. The van der Waals surface area contributed by atoms with E-state index in [-0.39, 0.29) is 0 Å². The third-order valence-corrected chi connectivity index (χ3v) is 4.72. The summed E-state index contributed by atoms with van der Waals surface area (Å²) in [4.78, 5) is 14.5. The van der Waals surface area contributed by atoms with Gasteiger partial charge in [0, 0.05) is 18.4 Å². The zero-order valence-corrected chi connectivity index (χ0v) is 13.7. The average molecular weight is 310 g/mol. The predicted molar refractivity (Wildman–Crippen MR) is 90.6 cm³/mol. The van der Waals surface area contributed by atoms with Crippen LogP contribution in [-0.4, -0.2) is 37.3 Å². The first kappa shape index (κ1) is 14.2. The molecule has 6 heteroatoms. The van der Waals surface area contributed by atoms with Crippen molar-refractivity contribution in [3.8, 4) is 0 Å². The third kappa shape index (κ3) is 2.58. The molecule has 0 bridgehead atoms. The molecule has 1 fully saturated rings. The average Bonchev–Trinajstić information content (AvgIpc) is 3.14. The molecule has 0 spiro atoms. The van der Waals surface area contributed by atoms with Crippen molar-refractivity contribution in [2.75, 3.05) is 11.4 Å². The Kier molecular flexibility index (Phi) is 3.52. The molecule has 23 heavy (non-hydrogen) atoms. The number of aromatic amines is 1. The second kappa shape index (κ2) is 5.68. The van der Waals surface area contributed by atoms with Gasteiger partial charge in [-0.05, 0) is 45.2 Å². The summed E-state index contributed by atoms with van der Waals surface area (Å²) in [6, 6.07) is 4.64. The summed E-state index contributed by atoms with van der Waals surface area (Å²) in [5, 5.41) is 5.74. The highest BCUT2D eigenvalue weighted by atomic mass is 15.3. The summed E-state index contributed by atoms with van der Waals surface area (Å²) in [6.45, 7) is 6.13. The van der Waals surface area contributed by atoms with Crippen molar-refractivity contribution < 1.29 is 0 Å². The number of rotatable bonds is 3. The highest BCUT2D eigenvalue weighted by molar-refractivity contribution is 5.87. The number of hydrogen-bond acceptors (Lipinski definition) is 4.